The smallest absolute Gasteiger partial charge is 0.351 e. The predicted molar refractivity (Wildman–Crippen MR) is 107 cm³/mol. The zero-order chi connectivity index (χ0) is 19.5. The number of carbonyl (C=O) groups excluding carboxylic acids is 2. The Morgan fingerprint density at radius 1 is 0.857 bits per heavy atom. The summed E-state index contributed by atoms with van der Waals surface area (Å²) in [6.07, 6.45) is 0.388. The third kappa shape index (κ3) is 3.23. The van der Waals surface area contributed by atoms with Crippen molar-refractivity contribution in [2.75, 3.05) is 4.90 Å². The van der Waals surface area contributed by atoms with Gasteiger partial charge in [-0.2, -0.15) is 0 Å². The summed E-state index contributed by atoms with van der Waals surface area (Å²) in [5.41, 5.74) is 9.43. The number of nitrogens with zero attached hydrogens (tertiary/aromatic N) is 2. The van der Waals surface area contributed by atoms with E-state index in [1.165, 1.54) is 4.90 Å². The average Bonchev–Trinajstić information content (AvgIpc) is 2.87. The Morgan fingerprint density at radius 3 is 2.25 bits per heavy atom. The number of para-hydroxylation sites is 2. The molecule has 0 saturated carbocycles. The summed E-state index contributed by atoms with van der Waals surface area (Å²) in [6.45, 7) is 0. The van der Waals surface area contributed by atoms with Crippen LogP contribution in [-0.4, -0.2) is 17.7 Å². The minimum absolute atomic E-state index is 0.388. The van der Waals surface area contributed by atoms with E-state index in [4.69, 9.17) is 10.6 Å². The second-order valence-electron chi connectivity index (χ2n) is 6.28. The van der Waals surface area contributed by atoms with Crippen molar-refractivity contribution in [3.63, 3.8) is 0 Å². The molecule has 0 atom stereocenters. The van der Waals surface area contributed by atoms with E-state index >= 15 is 0 Å². The molecule has 138 valence electrons. The summed E-state index contributed by atoms with van der Waals surface area (Å²) in [7, 11) is 0. The number of hydrogen-bond acceptors (Lipinski definition) is 4. The van der Waals surface area contributed by atoms with E-state index in [0.717, 1.165) is 5.56 Å². The Bertz CT molecular complexity index is 1080. The standard InChI is InChI=1S/C22H17N3O3/c23-22(27)25-19-12-6-4-10-16(19)14-18(17-11-5-7-13-20(17)25)24-28-21(26)15-8-2-1-3-9-15/h1-13H,14H2,(H2,23,27). The maximum absolute atomic E-state index is 12.3. The van der Waals surface area contributed by atoms with Crippen LogP contribution >= 0.6 is 0 Å². The highest BCUT2D eigenvalue weighted by molar-refractivity contribution is 6.13. The van der Waals surface area contributed by atoms with Gasteiger partial charge in [0.2, 0.25) is 0 Å². The van der Waals surface area contributed by atoms with Crippen molar-refractivity contribution in [3.05, 3.63) is 95.6 Å². The molecule has 0 bridgehead atoms. The molecule has 2 N–H and O–H groups in total. The minimum Gasteiger partial charge on any atom is -0.351 e. The van der Waals surface area contributed by atoms with Gasteiger partial charge in [-0.3, -0.25) is 4.90 Å². The fourth-order valence-corrected chi connectivity index (χ4v) is 3.24. The van der Waals surface area contributed by atoms with Crippen LogP contribution in [0.5, 0.6) is 0 Å². The second kappa shape index (κ2) is 7.36. The van der Waals surface area contributed by atoms with Gasteiger partial charge in [-0.15, -0.1) is 0 Å². The Kier molecular flexibility index (Phi) is 4.60. The highest BCUT2D eigenvalue weighted by Gasteiger charge is 2.27. The van der Waals surface area contributed by atoms with Gasteiger partial charge in [-0.05, 0) is 29.8 Å². The quantitative estimate of drug-likeness (QED) is 0.545. The van der Waals surface area contributed by atoms with Gasteiger partial charge in [-0.1, -0.05) is 59.8 Å². The molecule has 2 amide bonds. The van der Waals surface area contributed by atoms with Crippen LogP contribution in [0.2, 0.25) is 0 Å². The van der Waals surface area contributed by atoms with Crippen LogP contribution in [0.4, 0.5) is 16.2 Å². The largest absolute Gasteiger partial charge is 0.365 e. The zero-order valence-electron chi connectivity index (χ0n) is 14.9. The monoisotopic (exact) mass is 371 g/mol. The third-order valence-electron chi connectivity index (χ3n) is 4.51. The number of carbonyl (C=O) groups is 2. The lowest BCUT2D eigenvalue weighted by Gasteiger charge is -2.22. The van der Waals surface area contributed by atoms with E-state index in [1.807, 2.05) is 48.5 Å². The first-order valence-corrected chi connectivity index (χ1v) is 8.75. The van der Waals surface area contributed by atoms with Gasteiger partial charge in [0, 0.05) is 12.0 Å². The van der Waals surface area contributed by atoms with Gasteiger partial charge in [0.25, 0.3) is 0 Å². The molecule has 6 nitrogen and oxygen atoms in total. The Hall–Kier alpha value is -3.93. The summed E-state index contributed by atoms with van der Waals surface area (Å²) in [5.74, 6) is -0.546. The molecule has 1 aliphatic heterocycles. The number of urea groups is 1. The van der Waals surface area contributed by atoms with Crippen molar-refractivity contribution in [1.29, 1.82) is 0 Å². The van der Waals surface area contributed by atoms with E-state index in [2.05, 4.69) is 5.16 Å². The molecule has 0 radical (unpaired) electrons. The number of oxime groups is 1. The van der Waals surface area contributed by atoms with Gasteiger partial charge in [-0.25, -0.2) is 9.59 Å². The van der Waals surface area contributed by atoms with Crippen LogP contribution in [-0.2, 0) is 11.3 Å². The van der Waals surface area contributed by atoms with E-state index in [1.54, 1.807) is 30.3 Å². The van der Waals surface area contributed by atoms with Crippen molar-refractivity contribution < 1.29 is 14.4 Å². The lowest BCUT2D eigenvalue weighted by molar-refractivity contribution is 0.0516. The molecular formula is C22H17N3O3. The fourth-order valence-electron chi connectivity index (χ4n) is 3.24. The van der Waals surface area contributed by atoms with Crippen LogP contribution in [0.1, 0.15) is 21.5 Å². The average molecular weight is 371 g/mol. The molecule has 3 aromatic carbocycles. The number of benzene rings is 3. The molecule has 0 aromatic heterocycles. The van der Waals surface area contributed by atoms with Crippen molar-refractivity contribution >= 4 is 29.1 Å². The van der Waals surface area contributed by atoms with Gasteiger partial charge in [0.15, 0.2) is 0 Å². The highest BCUT2D eigenvalue weighted by Crippen LogP contribution is 2.36. The fraction of sp³-hybridized carbons (Fsp3) is 0.0455. The Morgan fingerprint density at radius 2 is 1.50 bits per heavy atom. The van der Waals surface area contributed by atoms with Crippen LogP contribution < -0.4 is 10.6 Å². The number of nitrogens with two attached hydrogens (primary N) is 1. The van der Waals surface area contributed by atoms with E-state index in [9.17, 15) is 9.59 Å². The number of anilines is 2. The van der Waals surface area contributed by atoms with Crippen molar-refractivity contribution in [2.24, 2.45) is 10.9 Å². The lowest BCUT2D eigenvalue weighted by atomic mass is 10.0. The second-order valence-corrected chi connectivity index (χ2v) is 6.28. The first kappa shape index (κ1) is 17.5. The maximum atomic E-state index is 12.3. The van der Waals surface area contributed by atoms with Gasteiger partial charge in [0.05, 0.1) is 22.6 Å². The predicted octanol–water partition coefficient (Wildman–Crippen LogP) is 4.02. The van der Waals surface area contributed by atoms with E-state index in [0.29, 0.717) is 34.6 Å². The number of primary amides is 1. The van der Waals surface area contributed by atoms with Crippen molar-refractivity contribution in [1.82, 2.24) is 0 Å². The number of fused-ring (bicyclic) bond motifs is 2. The molecule has 1 heterocycles. The van der Waals surface area contributed by atoms with Crippen molar-refractivity contribution in [2.45, 2.75) is 6.42 Å². The Balaban J connectivity index is 1.79. The minimum atomic E-state index is -0.595. The van der Waals surface area contributed by atoms with Crippen LogP contribution in [0, 0.1) is 0 Å². The topological polar surface area (TPSA) is 85.0 Å². The molecule has 4 rings (SSSR count). The first-order valence-electron chi connectivity index (χ1n) is 8.75. The summed E-state index contributed by atoms with van der Waals surface area (Å²) in [4.78, 5) is 31.2. The molecule has 0 spiro atoms. The summed E-state index contributed by atoms with van der Waals surface area (Å²) in [5, 5.41) is 4.14. The molecular weight excluding hydrogens is 354 g/mol. The van der Waals surface area contributed by atoms with E-state index in [-0.39, 0.29) is 0 Å². The molecule has 1 aliphatic rings. The highest BCUT2D eigenvalue weighted by atomic mass is 16.7. The number of rotatable bonds is 2. The number of amides is 2. The molecule has 0 unspecified atom stereocenters. The van der Waals surface area contributed by atoms with Crippen LogP contribution in [0.3, 0.4) is 0 Å². The molecule has 0 aliphatic carbocycles. The van der Waals surface area contributed by atoms with Gasteiger partial charge in [0.1, 0.15) is 0 Å². The third-order valence-corrected chi connectivity index (χ3v) is 4.51. The van der Waals surface area contributed by atoms with Gasteiger partial charge < -0.3 is 10.6 Å². The van der Waals surface area contributed by atoms with Crippen LogP contribution in [0.15, 0.2) is 84.0 Å². The SMILES string of the molecule is NC(=O)N1c2ccccc2CC(=NOC(=O)c2ccccc2)c2ccccc21. The molecule has 3 aromatic rings. The Labute approximate surface area is 161 Å². The summed E-state index contributed by atoms with van der Waals surface area (Å²) < 4.78 is 0. The molecule has 28 heavy (non-hydrogen) atoms. The molecule has 0 saturated heterocycles. The van der Waals surface area contributed by atoms with Gasteiger partial charge >= 0.3 is 12.0 Å². The maximum Gasteiger partial charge on any atom is 0.365 e. The molecule has 0 fully saturated rings. The summed E-state index contributed by atoms with van der Waals surface area (Å²) in [6, 6.07) is 22.8. The zero-order valence-corrected chi connectivity index (χ0v) is 14.9. The van der Waals surface area contributed by atoms with E-state index < -0.39 is 12.0 Å². The summed E-state index contributed by atoms with van der Waals surface area (Å²) >= 11 is 0. The first-order chi connectivity index (χ1) is 13.6. The van der Waals surface area contributed by atoms with Crippen molar-refractivity contribution in [3.8, 4) is 0 Å². The number of hydrogen-bond donors (Lipinski definition) is 1. The van der Waals surface area contributed by atoms with Crippen LogP contribution in [0.25, 0.3) is 0 Å². The lowest BCUT2D eigenvalue weighted by Crippen LogP contribution is -2.32. The molecule has 6 heteroatoms. The normalized spacial score (nSPS) is 14.0.